The zero-order chi connectivity index (χ0) is 35.8. The van der Waals surface area contributed by atoms with Crippen LogP contribution in [-0.2, 0) is 0 Å². The van der Waals surface area contributed by atoms with Crippen molar-refractivity contribution in [1.82, 2.24) is 0 Å². The first-order chi connectivity index (χ1) is 24.0. The van der Waals surface area contributed by atoms with Crippen molar-refractivity contribution in [3.63, 3.8) is 0 Å². The lowest BCUT2D eigenvalue weighted by Gasteiger charge is -2.48. The van der Waals surface area contributed by atoms with Gasteiger partial charge in [0.1, 0.15) is 0 Å². The molecule has 0 amide bonds. The molecule has 49 heavy (non-hydrogen) atoms. The highest BCUT2D eigenvalue weighted by Gasteiger charge is 2.44. The van der Waals surface area contributed by atoms with Crippen LogP contribution in [0.5, 0.6) is 0 Å². The fraction of sp³-hybridized carbons (Fsp3) is 0.250. The summed E-state index contributed by atoms with van der Waals surface area (Å²) in [4.78, 5) is 2.44. The third kappa shape index (κ3) is 8.59. The largest absolute Gasteiger partial charge is 0.310 e. The van der Waals surface area contributed by atoms with Crippen LogP contribution in [0.1, 0.15) is 85.8 Å². The van der Waals surface area contributed by atoms with Gasteiger partial charge in [0, 0.05) is 11.1 Å². The summed E-state index contributed by atoms with van der Waals surface area (Å²) in [6.45, 7) is 26.0. The van der Waals surface area contributed by atoms with Gasteiger partial charge in [0.2, 0.25) is 0 Å². The van der Waals surface area contributed by atoms with Crippen LogP contribution in [0.2, 0.25) is 0 Å². The number of hydrogen-bond donors (Lipinski definition) is 0. The maximum Gasteiger partial charge on any atom is 0.0505 e. The topological polar surface area (TPSA) is 3.24 Å². The molecule has 1 heterocycles. The molecule has 1 atom stereocenters. The summed E-state index contributed by atoms with van der Waals surface area (Å²) in [5.41, 5.74) is 12.8. The number of rotatable bonds is 10. The second-order valence-electron chi connectivity index (χ2n) is 11.8. The molecule has 0 spiro atoms. The van der Waals surface area contributed by atoms with Gasteiger partial charge in [-0.1, -0.05) is 176 Å². The average molecular weight is 648 g/mol. The van der Waals surface area contributed by atoms with Crippen molar-refractivity contribution in [2.45, 2.75) is 74.7 Å². The Hall–Kier alpha value is -4.88. The van der Waals surface area contributed by atoms with Gasteiger partial charge in [-0.15, -0.1) is 0 Å². The molecule has 4 aromatic carbocycles. The number of hydrogen-bond acceptors (Lipinski definition) is 1. The summed E-state index contributed by atoms with van der Waals surface area (Å²) in [5, 5.41) is 0. The fourth-order valence-electron chi connectivity index (χ4n) is 6.87. The summed E-state index contributed by atoms with van der Waals surface area (Å²) >= 11 is 0. The van der Waals surface area contributed by atoms with Gasteiger partial charge in [-0.2, -0.15) is 0 Å². The normalized spacial score (nSPS) is 17.6. The smallest absolute Gasteiger partial charge is 0.0505 e. The summed E-state index contributed by atoms with van der Waals surface area (Å²) in [5.74, 6) is 0. The van der Waals surface area contributed by atoms with Crippen molar-refractivity contribution < 1.29 is 0 Å². The predicted molar refractivity (Wildman–Crippen MR) is 219 cm³/mol. The van der Waals surface area contributed by atoms with Crippen molar-refractivity contribution in [1.29, 1.82) is 0 Å². The molecular weight excluding hydrogens is 591 g/mol. The lowest BCUT2D eigenvalue weighted by Crippen LogP contribution is -2.39. The van der Waals surface area contributed by atoms with Crippen LogP contribution in [0.15, 0.2) is 175 Å². The molecule has 254 valence electrons. The Morgan fingerprint density at radius 1 is 0.714 bits per heavy atom. The number of allylic oxidation sites excluding steroid dienone is 8. The van der Waals surface area contributed by atoms with Gasteiger partial charge in [0.15, 0.2) is 0 Å². The maximum absolute atomic E-state index is 4.58. The van der Waals surface area contributed by atoms with Crippen LogP contribution in [0.3, 0.4) is 0 Å². The third-order valence-corrected chi connectivity index (χ3v) is 9.11. The van der Waals surface area contributed by atoms with E-state index in [1.54, 1.807) is 0 Å². The van der Waals surface area contributed by atoms with E-state index in [1.807, 2.05) is 27.7 Å². The first-order valence-corrected chi connectivity index (χ1v) is 18.2. The van der Waals surface area contributed by atoms with E-state index < -0.39 is 0 Å². The highest BCUT2D eigenvalue weighted by atomic mass is 15.2. The van der Waals surface area contributed by atoms with E-state index >= 15 is 0 Å². The molecule has 0 bridgehead atoms. The van der Waals surface area contributed by atoms with Gasteiger partial charge in [0.25, 0.3) is 0 Å². The highest BCUT2D eigenvalue weighted by Crippen LogP contribution is 2.55. The van der Waals surface area contributed by atoms with E-state index in [-0.39, 0.29) is 5.41 Å². The van der Waals surface area contributed by atoms with Crippen molar-refractivity contribution in [3.05, 3.63) is 186 Å². The quantitative estimate of drug-likeness (QED) is 0.166. The number of nitrogens with zero attached hydrogens (tertiary/aromatic N) is 1. The molecule has 0 saturated heterocycles. The van der Waals surface area contributed by atoms with E-state index in [9.17, 15) is 0 Å². The predicted octanol–water partition coefficient (Wildman–Crippen LogP) is 14.5. The lowest BCUT2D eigenvalue weighted by atomic mass is 9.64. The Bertz CT molecular complexity index is 1750. The summed E-state index contributed by atoms with van der Waals surface area (Å²) in [7, 11) is 0. The van der Waals surface area contributed by atoms with E-state index in [1.165, 1.54) is 33.4 Å². The van der Waals surface area contributed by atoms with E-state index in [4.69, 9.17) is 0 Å². The minimum absolute atomic E-state index is 0.183. The average Bonchev–Trinajstić information content (AvgIpc) is 3.17. The van der Waals surface area contributed by atoms with Gasteiger partial charge in [-0.3, -0.25) is 0 Å². The molecule has 0 N–H and O–H groups in total. The molecule has 0 saturated carbocycles. The van der Waals surface area contributed by atoms with Crippen LogP contribution < -0.4 is 4.90 Å². The molecule has 1 unspecified atom stereocenters. The molecule has 0 radical (unpaired) electrons. The fourth-order valence-corrected chi connectivity index (χ4v) is 6.87. The Kier molecular flexibility index (Phi) is 15.1. The van der Waals surface area contributed by atoms with Crippen molar-refractivity contribution in [2.24, 2.45) is 5.41 Å². The highest BCUT2D eigenvalue weighted by molar-refractivity contribution is 5.82. The van der Waals surface area contributed by atoms with Crippen molar-refractivity contribution >= 4 is 16.8 Å². The van der Waals surface area contributed by atoms with Gasteiger partial charge in [-0.05, 0) is 95.5 Å². The Balaban J connectivity index is 0.00000157. The van der Waals surface area contributed by atoms with E-state index in [0.29, 0.717) is 0 Å². The first-order valence-electron chi connectivity index (χ1n) is 18.2. The summed E-state index contributed by atoms with van der Waals surface area (Å²) < 4.78 is 0. The second-order valence-corrected chi connectivity index (χ2v) is 11.8. The van der Waals surface area contributed by atoms with Crippen LogP contribution in [0.4, 0.5) is 5.69 Å². The monoisotopic (exact) mass is 647 g/mol. The van der Waals surface area contributed by atoms with Gasteiger partial charge in [0.05, 0.1) is 11.4 Å². The minimum Gasteiger partial charge on any atom is -0.310 e. The molecule has 5 rings (SSSR count). The van der Waals surface area contributed by atoms with Crippen LogP contribution in [-0.4, -0.2) is 0 Å². The lowest BCUT2D eigenvalue weighted by molar-refractivity contribution is 0.376. The molecule has 0 aliphatic carbocycles. The second kappa shape index (κ2) is 19.2. The first kappa shape index (κ1) is 38.6. The zero-order valence-electron chi connectivity index (χ0n) is 31.3. The van der Waals surface area contributed by atoms with Crippen LogP contribution in [0, 0.1) is 5.41 Å². The molecule has 1 heteroatoms. The number of anilines is 1. The Labute approximate surface area is 298 Å². The molecule has 1 aliphatic rings. The molecular formula is C48H57N. The number of benzene rings is 4. The Morgan fingerprint density at radius 3 is 1.71 bits per heavy atom. The minimum atomic E-state index is -0.183. The summed E-state index contributed by atoms with van der Waals surface area (Å²) in [6, 6.07) is 40.7. The molecule has 1 nitrogen and oxygen atoms in total. The van der Waals surface area contributed by atoms with Crippen LogP contribution >= 0.6 is 0 Å². The maximum atomic E-state index is 4.58. The zero-order valence-corrected chi connectivity index (χ0v) is 31.3. The third-order valence-electron chi connectivity index (χ3n) is 9.11. The Morgan fingerprint density at radius 2 is 1.22 bits per heavy atom. The molecule has 4 aromatic rings. The molecule has 1 aliphatic heterocycles. The van der Waals surface area contributed by atoms with Gasteiger partial charge in [-0.25, -0.2) is 0 Å². The van der Waals surface area contributed by atoms with Crippen LogP contribution in [0.25, 0.3) is 22.3 Å². The molecule has 0 fully saturated rings. The van der Waals surface area contributed by atoms with Gasteiger partial charge < -0.3 is 4.90 Å². The van der Waals surface area contributed by atoms with Crippen molar-refractivity contribution in [3.8, 4) is 11.1 Å². The molecule has 0 aromatic heterocycles. The van der Waals surface area contributed by atoms with E-state index in [2.05, 4.69) is 185 Å². The van der Waals surface area contributed by atoms with Gasteiger partial charge >= 0.3 is 0 Å². The van der Waals surface area contributed by atoms with E-state index in [0.717, 1.165) is 47.5 Å². The SMILES string of the molecule is C=CC1=C(/C=C(\C)c2ccccc2)N(c2ccc(-c3ccccc3)cc2)C(=C/C(=C)c2ccccc2)/C(=C\C)C1(CC)CCC.CC.CC. The summed E-state index contributed by atoms with van der Waals surface area (Å²) in [6.07, 6.45) is 12.2. The standard InChI is InChI=1S/C44H45N.2C2H6/c1-7-30-44(10-4)40(8-2)42(31-33(5)35-20-14-11-15-21-35)45(39-28-26-38(27-29-39)37-24-18-13-19-25-37)43(41(44)9-3)32-34(6)36-22-16-12-17-23-36;2*1-2/h8-9,11-29,31-32H,2,6-7,10,30H2,1,3-5H3;2*1-2H3/b33-31+,41-9+,43-32+;;. The van der Waals surface area contributed by atoms with Crippen molar-refractivity contribution in [2.75, 3.05) is 4.90 Å².